The van der Waals surface area contributed by atoms with Crippen LogP contribution in [0.5, 0.6) is 0 Å². The number of anilines is 2. The Bertz CT molecular complexity index is 909. The maximum absolute atomic E-state index is 12.2. The number of carbonyl (C=O) groups is 1. The molecule has 0 spiro atoms. The molecule has 2 aromatic heterocycles. The van der Waals surface area contributed by atoms with E-state index in [-0.39, 0.29) is 17.8 Å². The quantitative estimate of drug-likeness (QED) is 0.519. The molecule has 0 bridgehead atoms. The number of nitrogens with zero attached hydrogens (tertiary/aromatic N) is 3. The number of hydrogen-bond acceptors (Lipinski definition) is 9. The van der Waals surface area contributed by atoms with Gasteiger partial charge in [0, 0.05) is 24.1 Å². The van der Waals surface area contributed by atoms with Gasteiger partial charge in [0.1, 0.15) is 0 Å². The second-order valence-electron chi connectivity index (χ2n) is 6.13. The highest BCUT2D eigenvalue weighted by Gasteiger charge is 2.16. The minimum atomic E-state index is -0.108. The molecular formula is C18H19N5O2S3. The van der Waals surface area contributed by atoms with E-state index in [9.17, 15) is 4.79 Å². The molecule has 2 N–H and O–H groups in total. The molecule has 4 rings (SSSR count). The molecule has 1 fully saturated rings. The van der Waals surface area contributed by atoms with Crippen molar-refractivity contribution in [2.45, 2.75) is 23.3 Å². The van der Waals surface area contributed by atoms with E-state index in [4.69, 9.17) is 4.74 Å². The Morgan fingerprint density at radius 2 is 2.14 bits per heavy atom. The summed E-state index contributed by atoms with van der Waals surface area (Å²) in [6, 6.07) is 9.89. The van der Waals surface area contributed by atoms with Crippen molar-refractivity contribution in [2.24, 2.45) is 0 Å². The average molecular weight is 434 g/mol. The predicted octanol–water partition coefficient (Wildman–Crippen LogP) is 3.98. The molecule has 1 amide bonds. The van der Waals surface area contributed by atoms with Gasteiger partial charge in [0.2, 0.25) is 11.0 Å². The maximum atomic E-state index is 12.2. The zero-order valence-corrected chi connectivity index (χ0v) is 17.4. The summed E-state index contributed by atoms with van der Waals surface area (Å²) >= 11 is 4.23. The summed E-state index contributed by atoms with van der Waals surface area (Å²) in [6.45, 7) is 1.58. The average Bonchev–Trinajstić information content (AvgIpc) is 3.47. The smallest absolute Gasteiger partial charge is 0.236 e. The lowest BCUT2D eigenvalue weighted by atomic mass is 10.2. The maximum Gasteiger partial charge on any atom is 0.236 e. The molecule has 0 radical (unpaired) electrons. The number of amides is 1. The Kier molecular flexibility index (Phi) is 6.53. The first kappa shape index (κ1) is 19.3. The molecule has 1 saturated heterocycles. The van der Waals surface area contributed by atoms with Gasteiger partial charge in [-0.05, 0) is 12.8 Å². The van der Waals surface area contributed by atoms with Gasteiger partial charge in [-0.3, -0.25) is 4.79 Å². The van der Waals surface area contributed by atoms with Gasteiger partial charge in [-0.2, -0.15) is 0 Å². The van der Waals surface area contributed by atoms with Gasteiger partial charge in [-0.15, -0.1) is 21.5 Å². The lowest BCUT2D eigenvalue weighted by molar-refractivity contribution is -0.113. The molecule has 146 valence electrons. The van der Waals surface area contributed by atoms with Crippen LogP contribution in [0.25, 0.3) is 11.3 Å². The lowest BCUT2D eigenvalue weighted by Crippen LogP contribution is -2.18. The lowest BCUT2D eigenvalue weighted by Gasteiger charge is -2.08. The van der Waals surface area contributed by atoms with Crippen molar-refractivity contribution in [3.05, 3.63) is 35.7 Å². The molecule has 3 heterocycles. The van der Waals surface area contributed by atoms with Crippen LogP contribution < -0.4 is 10.6 Å². The van der Waals surface area contributed by atoms with Crippen molar-refractivity contribution in [3.8, 4) is 11.3 Å². The Labute approximate surface area is 175 Å². The summed E-state index contributed by atoms with van der Waals surface area (Å²) in [5.41, 5.74) is 1.89. The summed E-state index contributed by atoms with van der Waals surface area (Å²) in [5.74, 6) is 0.156. The zero-order valence-electron chi connectivity index (χ0n) is 15.0. The Morgan fingerprint density at radius 3 is 2.96 bits per heavy atom. The van der Waals surface area contributed by atoms with Gasteiger partial charge >= 0.3 is 0 Å². The number of rotatable bonds is 8. The third-order valence-electron chi connectivity index (χ3n) is 4.06. The number of benzene rings is 1. The molecule has 1 aromatic carbocycles. The van der Waals surface area contributed by atoms with Crippen molar-refractivity contribution in [2.75, 3.05) is 29.5 Å². The summed E-state index contributed by atoms with van der Waals surface area (Å²) < 4.78 is 6.34. The van der Waals surface area contributed by atoms with E-state index in [1.807, 2.05) is 35.7 Å². The van der Waals surface area contributed by atoms with Gasteiger partial charge in [0.05, 0.1) is 17.6 Å². The second kappa shape index (κ2) is 9.46. The van der Waals surface area contributed by atoms with E-state index < -0.39 is 0 Å². The SMILES string of the molecule is O=C(CSc1nnc(NCC2CCCO2)s1)Nc1nc(-c2ccccc2)cs1. The van der Waals surface area contributed by atoms with Crippen molar-refractivity contribution in [1.29, 1.82) is 0 Å². The second-order valence-corrected chi connectivity index (χ2v) is 9.19. The Balaban J connectivity index is 1.23. The standard InChI is InChI=1S/C18H19N5O2S3/c24-15(21-17-20-14(10-26-17)12-5-2-1-3-6-12)11-27-18-23-22-16(28-18)19-9-13-7-4-8-25-13/h1-3,5-6,10,13H,4,7-9,11H2,(H,19,22)(H,20,21,24). The zero-order chi connectivity index (χ0) is 19.2. The van der Waals surface area contributed by atoms with Crippen LogP contribution in [-0.2, 0) is 9.53 Å². The van der Waals surface area contributed by atoms with E-state index in [0.717, 1.165) is 46.7 Å². The summed E-state index contributed by atoms with van der Waals surface area (Å²) in [7, 11) is 0. The van der Waals surface area contributed by atoms with Crippen LogP contribution >= 0.6 is 34.4 Å². The number of nitrogens with one attached hydrogen (secondary N) is 2. The van der Waals surface area contributed by atoms with Crippen molar-refractivity contribution >= 4 is 50.6 Å². The molecule has 28 heavy (non-hydrogen) atoms. The molecule has 1 aliphatic heterocycles. The molecular weight excluding hydrogens is 414 g/mol. The summed E-state index contributed by atoms with van der Waals surface area (Å²) in [5, 5.41) is 17.6. The van der Waals surface area contributed by atoms with E-state index in [0.29, 0.717) is 5.13 Å². The third-order valence-corrected chi connectivity index (χ3v) is 6.83. The topological polar surface area (TPSA) is 89.0 Å². The van der Waals surface area contributed by atoms with Gasteiger partial charge in [0.15, 0.2) is 9.47 Å². The Hall–Kier alpha value is -2.01. The first-order chi connectivity index (χ1) is 13.8. The number of hydrogen-bond donors (Lipinski definition) is 2. The summed E-state index contributed by atoms with van der Waals surface area (Å²) in [4.78, 5) is 16.7. The van der Waals surface area contributed by atoms with Crippen molar-refractivity contribution < 1.29 is 9.53 Å². The number of aromatic nitrogens is 3. The minimum Gasteiger partial charge on any atom is -0.376 e. The third kappa shape index (κ3) is 5.28. The molecule has 1 atom stereocenters. The van der Waals surface area contributed by atoms with E-state index >= 15 is 0 Å². The predicted molar refractivity (Wildman–Crippen MR) is 114 cm³/mol. The number of thioether (sulfide) groups is 1. The van der Waals surface area contributed by atoms with Crippen LogP contribution in [0.1, 0.15) is 12.8 Å². The molecule has 3 aromatic rings. The van der Waals surface area contributed by atoms with Gasteiger partial charge in [-0.25, -0.2) is 4.98 Å². The minimum absolute atomic E-state index is 0.108. The van der Waals surface area contributed by atoms with Crippen LogP contribution in [0.4, 0.5) is 10.3 Å². The number of ether oxygens (including phenoxy) is 1. The molecule has 0 aliphatic carbocycles. The van der Waals surface area contributed by atoms with Gasteiger partial charge in [0.25, 0.3) is 0 Å². The molecule has 10 heteroatoms. The summed E-state index contributed by atoms with van der Waals surface area (Å²) in [6.07, 6.45) is 2.45. The highest BCUT2D eigenvalue weighted by molar-refractivity contribution is 8.01. The molecule has 1 unspecified atom stereocenters. The van der Waals surface area contributed by atoms with Crippen LogP contribution in [-0.4, -0.2) is 46.1 Å². The highest BCUT2D eigenvalue weighted by atomic mass is 32.2. The van der Waals surface area contributed by atoms with Crippen LogP contribution in [0, 0.1) is 0 Å². The van der Waals surface area contributed by atoms with Crippen molar-refractivity contribution in [1.82, 2.24) is 15.2 Å². The van der Waals surface area contributed by atoms with Crippen LogP contribution in [0.15, 0.2) is 40.1 Å². The Morgan fingerprint density at radius 1 is 1.25 bits per heavy atom. The number of thiazole rings is 1. The van der Waals surface area contributed by atoms with Gasteiger partial charge in [-0.1, -0.05) is 53.4 Å². The monoisotopic (exact) mass is 433 g/mol. The van der Waals surface area contributed by atoms with Gasteiger partial charge < -0.3 is 15.4 Å². The first-order valence-corrected chi connectivity index (χ1v) is 11.6. The fraction of sp³-hybridized carbons (Fsp3) is 0.333. The van der Waals surface area contributed by atoms with Crippen molar-refractivity contribution in [3.63, 3.8) is 0 Å². The fourth-order valence-corrected chi connectivity index (χ4v) is 5.00. The molecule has 1 aliphatic rings. The van der Waals surface area contributed by atoms with E-state index in [2.05, 4.69) is 25.8 Å². The van der Waals surface area contributed by atoms with E-state index in [1.165, 1.54) is 34.4 Å². The first-order valence-electron chi connectivity index (χ1n) is 8.89. The molecule has 0 saturated carbocycles. The normalized spacial score (nSPS) is 16.2. The van der Waals surface area contributed by atoms with Crippen LogP contribution in [0.2, 0.25) is 0 Å². The van der Waals surface area contributed by atoms with E-state index in [1.54, 1.807) is 0 Å². The number of carbonyl (C=O) groups excluding carboxylic acids is 1. The highest BCUT2D eigenvalue weighted by Crippen LogP contribution is 2.27. The fourth-order valence-electron chi connectivity index (χ4n) is 2.70. The van der Waals surface area contributed by atoms with Crippen LogP contribution in [0.3, 0.4) is 0 Å². The largest absolute Gasteiger partial charge is 0.376 e. The molecule has 7 nitrogen and oxygen atoms in total.